The third kappa shape index (κ3) is 4.18. The average molecular weight is 378 g/mol. The van der Waals surface area contributed by atoms with Gasteiger partial charge >= 0.3 is 0 Å². The molecule has 134 valence electrons. The highest BCUT2D eigenvalue weighted by atomic mass is 32.1. The molecule has 0 unspecified atom stereocenters. The zero-order chi connectivity index (χ0) is 18.5. The molecule has 7 nitrogen and oxygen atoms in total. The van der Waals surface area contributed by atoms with Gasteiger partial charge in [-0.15, -0.1) is 11.3 Å². The Bertz CT molecular complexity index is 1010. The Hall–Kier alpha value is -3.52. The first-order valence-electron chi connectivity index (χ1n) is 8.10. The first-order valence-corrected chi connectivity index (χ1v) is 8.98. The van der Waals surface area contributed by atoms with Gasteiger partial charge in [0.2, 0.25) is 11.7 Å². The summed E-state index contributed by atoms with van der Waals surface area (Å²) in [4.78, 5) is 21.5. The van der Waals surface area contributed by atoms with Crippen LogP contribution in [0.1, 0.15) is 16.2 Å². The van der Waals surface area contributed by atoms with Crippen LogP contribution in [0.25, 0.3) is 10.7 Å². The van der Waals surface area contributed by atoms with E-state index in [2.05, 4.69) is 20.4 Å². The van der Waals surface area contributed by atoms with Crippen molar-refractivity contribution in [3.63, 3.8) is 0 Å². The molecule has 1 N–H and O–H groups in total. The first-order chi connectivity index (χ1) is 13.3. The Morgan fingerprint density at radius 2 is 2.00 bits per heavy atom. The summed E-state index contributed by atoms with van der Waals surface area (Å²) in [6.07, 6.45) is 3.29. The number of carbonyl (C=O) groups is 1. The van der Waals surface area contributed by atoms with E-state index < -0.39 is 0 Å². The normalized spacial score (nSPS) is 10.5. The molecule has 1 aromatic carbocycles. The highest BCUT2D eigenvalue weighted by molar-refractivity contribution is 7.13. The van der Waals surface area contributed by atoms with Crippen LogP contribution in [0.2, 0.25) is 0 Å². The molecule has 3 heterocycles. The van der Waals surface area contributed by atoms with E-state index in [0.29, 0.717) is 28.8 Å². The number of rotatable bonds is 6. The second-order valence-corrected chi connectivity index (χ2v) is 6.43. The molecule has 8 heteroatoms. The Labute approximate surface area is 158 Å². The van der Waals surface area contributed by atoms with E-state index in [9.17, 15) is 4.79 Å². The lowest BCUT2D eigenvalue weighted by molar-refractivity contribution is 0.0946. The van der Waals surface area contributed by atoms with Crippen molar-refractivity contribution in [3.05, 3.63) is 77.8 Å². The minimum Gasteiger partial charge on any atom is -0.456 e. The maximum Gasteiger partial charge on any atom is 0.251 e. The van der Waals surface area contributed by atoms with Crippen LogP contribution in [0.5, 0.6) is 11.5 Å². The lowest BCUT2D eigenvalue weighted by atomic mass is 10.2. The molecule has 1 amide bonds. The maximum absolute atomic E-state index is 12.3. The van der Waals surface area contributed by atoms with Gasteiger partial charge in [0.1, 0.15) is 11.5 Å². The average Bonchev–Trinajstić information content (AvgIpc) is 3.39. The minimum atomic E-state index is -0.237. The van der Waals surface area contributed by atoms with Gasteiger partial charge in [0.15, 0.2) is 0 Å². The number of amides is 1. The third-order valence-corrected chi connectivity index (χ3v) is 4.46. The molecule has 4 aromatic rings. The number of hydrogen-bond acceptors (Lipinski definition) is 7. The molecule has 0 radical (unpaired) electrons. The van der Waals surface area contributed by atoms with Gasteiger partial charge in [-0.25, -0.2) is 0 Å². The predicted molar refractivity (Wildman–Crippen MR) is 99.5 cm³/mol. The summed E-state index contributed by atoms with van der Waals surface area (Å²) < 4.78 is 10.8. The predicted octanol–water partition coefficient (Wildman–Crippen LogP) is 3.92. The summed E-state index contributed by atoms with van der Waals surface area (Å²) in [5.74, 6) is 1.89. The molecule has 0 aliphatic heterocycles. The summed E-state index contributed by atoms with van der Waals surface area (Å²) in [6.45, 7) is 0.158. The van der Waals surface area contributed by atoms with Crippen LogP contribution in [-0.4, -0.2) is 21.0 Å². The molecule has 0 aliphatic rings. The van der Waals surface area contributed by atoms with Crippen molar-refractivity contribution < 1.29 is 14.1 Å². The Morgan fingerprint density at radius 1 is 1.11 bits per heavy atom. The maximum atomic E-state index is 12.3. The second kappa shape index (κ2) is 7.79. The van der Waals surface area contributed by atoms with Crippen LogP contribution in [0, 0.1) is 0 Å². The van der Waals surface area contributed by atoms with E-state index in [1.807, 2.05) is 23.6 Å². The third-order valence-electron chi connectivity index (χ3n) is 3.60. The molecule has 0 fully saturated rings. The number of thiophene rings is 1. The van der Waals surface area contributed by atoms with Crippen LogP contribution < -0.4 is 10.1 Å². The number of carbonyl (C=O) groups excluding carboxylic acids is 1. The number of ether oxygens (including phenoxy) is 1. The summed E-state index contributed by atoms with van der Waals surface area (Å²) >= 11 is 1.52. The zero-order valence-corrected chi connectivity index (χ0v) is 14.8. The van der Waals surface area contributed by atoms with Gasteiger partial charge in [-0.3, -0.25) is 9.78 Å². The van der Waals surface area contributed by atoms with Crippen molar-refractivity contribution >= 4 is 17.2 Å². The van der Waals surface area contributed by atoms with E-state index in [1.54, 1.807) is 42.7 Å². The van der Waals surface area contributed by atoms with Crippen molar-refractivity contribution in [3.8, 4) is 22.2 Å². The standard InChI is InChI=1S/C19H14N4O3S/c24-19(21-12-17-22-18(23-26-17)16-4-2-10-27-16)13-5-7-14(8-6-13)25-15-3-1-9-20-11-15/h1-11H,12H2,(H,21,24). The molecule has 0 bridgehead atoms. The van der Waals surface area contributed by atoms with Gasteiger partial charge in [-0.2, -0.15) is 4.98 Å². The van der Waals surface area contributed by atoms with Crippen LogP contribution >= 0.6 is 11.3 Å². The van der Waals surface area contributed by atoms with Crippen LogP contribution in [0.15, 0.2) is 70.8 Å². The van der Waals surface area contributed by atoms with E-state index >= 15 is 0 Å². The largest absolute Gasteiger partial charge is 0.456 e. The molecule has 0 spiro atoms. The van der Waals surface area contributed by atoms with E-state index in [4.69, 9.17) is 9.26 Å². The second-order valence-electron chi connectivity index (χ2n) is 5.49. The van der Waals surface area contributed by atoms with Gasteiger partial charge in [-0.1, -0.05) is 11.2 Å². The Morgan fingerprint density at radius 3 is 2.74 bits per heavy atom. The number of aromatic nitrogens is 3. The zero-order valence-electron chi connectivity index (χ0n) is 14.0. The molecule has 27 heavy (non-hydrogen) atoms. The fourth-order valence-electron chi connectivity index (χ4n) is 2.31. The lowest BCUT2D eigenvalue weighted by Gasteiger charge is -2.06. The minimum absolute atomic E-state index is 0.158. The summed E-state index contributed by atoms with van der Waals surface area (Å²) in [6, 6.07) is 14.2. The van der Waals surface area contributed by atoms with Gasteiger partial charge < -0.3 is 14.6 Å². The van der Waals surface area contributed by atoms with Gasteiger partial charge in [-0.05, 0) is 47.8 Å². The fourth-order valence-corrected chi connectivity index (χ4v) is 2.96. The van der Waals surface area contributed by atoms with E-state index in [1.165, 1.54) is 11.3 Å². The van der Waals surface area contributed by atoms with E-state index in [0.717, 1.165) is 4.88 Å². The topological polar surface area (TPSA) is 90.1 Å². The van der Waals surface area contributed by atoms with Crippen LogP contribution in [-0.2, 0) is 6.54 Å². The quantitative estimate of drug-likeness (QED) is 0.547. The van der Waals surface area contributed by atoms with E-state index in [-0.39, 0.29) is 12.5 Å². The van der Waals surface area contributed by atoms with Crippen LogP contribution in [0.3, 0.4) is 0 Å². The van der Waals surface area contributed by atoms with Crippen molar-refractivity contribution in [2.75, 3.05) is 0 Å². The van der Waals surface area contributed by atoms with Crippen molar-refractivity contribution in [2.24, 2.45) is 0 Å². The lowest BCUT2D eigenvalue weighted by Crippen LogP contribution is -2.22. The summed E-state index contributed by atoms with van der Waals surface area (Å²) in [5.41, 5.74) is 0.506. The highest BCUT2D eigenvalue weighted by Crippen LogP contribution is 2.22. The fraction of sp³-hybridized carbons (Fsp3) is 0.0526. The number of pyridine rings is 1. The molecular formula is C19H14N4O3S. The van der Waals surface area contributed by atoms with Crippen molar-refractivity contribution in [1.82, 2.24) is 20.4 Å². The van der Waals surface area contributed by atoms with Crippen LogP contribution in [0.4, 0.5) is 0 Å². The molecule has 0 saturated heterocycles. The Kier molecular flexibility index (Phi) is 4.88. The van der Waals surface area contributed by atoms with Gasteiger partial charge in [0, 0.05) is 11.8 Å². The van der Waals surface area contributed by atoms with Crippen molar-refractivity contribution in [1.29, 1.82) is 0 Å². The Balaban J connectivity index is 1.34. The molecular weight excluding hydrogens is 364 g/mol. The number of benzene rings is 1. The smallest absolute Gasteiger partial charge is 0.251 e. The van der Waals surface area contributed by atoms with Gasteiger partial charge in [0.25, 0.3) is 5.91 Å². The SMILES string of the molecule is O=C(NCc1nc(-c2cccs2)no1)c1ccc(Oc2cccnc2)cc1. The molecule has 4 rings (SSSR count). The number of nitrogens with one attached hydrogen (secondary N) is 1. The summed E-state index contributed by atoms with van der Waals surface area (Å²) in [7, 11) is 0. The molecule has 3 aromatic heterocycles. The molecule has 0 saturated carbocycles. The highest BCUT2D eigenvalue weighted by Gasteiger charge is 2.11. The number of nitrogens with zero attached hydrogens (tertiary/aromatic N) is 3. The molecule has 0 atom stereocenters. The number of hydrogen-bond donors (Lipinski definition) is 1. The van der Waals surface area contributed by atoms with Gasteiger partial charge in [0.05, 0.1) is 17.6 Å². The first kappa shape index (κ1) is 16.9. The molecule has 0 aliphatic carbocycles. The van der Waals surface area contributed by atoms with Crippen molar-refractivity contribution in [2.45, 2.75) is 6.54 Å². The monoisotopic (exact) mass is 378 g/mol. The summed E-state index contributed by atoms with van der Waals surface area (Å²) in [5, 5.41) is 8.61.